The second-order valence-electron chi connectivity index (χ2n) is 12.0. The van der Waals surface area contributed by atoms with Crippen LogP contribution in [0, 0.1) is 11.6 Å². The van der Waals surface area contributed by atoms with Crippen LogP contribution in [0.5, 0.6) is 5.75 Å². The maximum atomic E-state index is 14.1. The van der Waals surface area contributed by atoms with Crippen molar-refractivity contribution >= 4 is 21.9 Å². The van der Waals surface area contributed by atoms with Crippen molar-refractivity contribution in [1.82, 2.24) is 4.90 Å². The van der Waals surface area contributed by atoms with Gasteiger partial charge in [0.05, 0.1) is 0 Å². The van der Waals surface area contributed by atoms with Gasteiger partial charge in [-0.05, 0) is 136 Å². The summed E-state index contributed by atoms with van der Waals surface area (Å²) in [6.45, 7) is 1.73. The first-order valence-corrected chi connectivity index (χ1v) is 17.2. The third-order valence-corrected chi connectivity index (χ3v) is 9.81. The SMILES string of the molecule is CN(CCCCCCC1=C(c2ccc(F)c(F)c2)CCCc2cc(O)ccc21)CCCCS(=O)CCCCC(F)(F)C(F)(F)F. The zero-order chi connectivity index (χ0) is 33.0. The molecule has 0 aliphatic heterocycles. The smallest absolute Gasteiger partial charge is 0.453 e. The molecule has 0 radical (unpaired) electrons. The predicted octanol–water partition coefficient (Wildman–Crippen LogP) is 9.70. The minimum Gasteiger partial charge on any atom is -0.508 e. The number of nitrogens with zero attached hydrogens (tertiary/aromatic N) is 1. The van der Waals surface area contributed by atoms with E-state index in [4.69, 9.17) is 0 Å². The summed E-state index contributed by atoms with van der Waals surface area (Å²) in [6, 6.07) is 9.48. The molecule has 1 atom stereocenters. The Morgan fingerprint density at radius 1 is 0.800 bits per heavy atom. The highest BCUT2D eigenvalue weighted by Gasteiger charge is 2.56. The van der Waals surface area contributed by atoms with Crippen LogP contribution in [0.25, 0.3) is 11.1 Å². The van der Waals surface area contributed by atoms with Crippen LogP contribution in [0.3, 0.4) is 0 Å². The molecule has 11 heteroatoms. The normalized spacial score (nSPS) is 15.0. The summed E-state index contributed by atoms with van der Waals surface area (Å²) in [5.74, 6) is -5.66. The molecule has 0 heterocycles. The molecule has 0 amide bonds. The van der Waals surface area contributed by atoms with Crippen LogP contribution in [0.1, 0.15) is 93.7 Å². The summed E-state index contributed by atoms with van der Waals surface area (Å²) in [5.41, 5.74) is 4.98. The van der Waals surface area contributed by atoms with Crippen molar-refractivity contribution in [1.29, 1.82) is 0 Å². The van der Waals surface area contributed by atoms with E-state index in [1.54, 1.807) is 18.2 Å². The van der Waals surface area contributed by atoms with Crippen LogP contribution in [0.15, 0.2) is 36.4 Å². The Morgan fingerprint density at radius 2 is 1.47 bits per heavy atom. The van der Waals surface area contributed by atoms with Gasteiger partial charge in [0.15, 0.2) is 11.6 Å². The lowest BCUT2D eigenvalue weighted by Crippen LogP contribution is -2.36. The van der Waals surface area contributed by atoms with Gasteiger partial charge in [0.2, 0.25) is 0 Å². The van der Waals surface area contributed by atoms with Crippen molar-refractivity contribution in [2.75, 3.05) is 31.6 Å². The molecule has 1 N–H and O–H groups in total. The monoisotopic (exact) mass is 663 g/mol. The second kappa shape index (κ2) is 17.5. The Kier molecular flexibility index (Phi) is 14.4. The average Bonchev–Trinajstić information content (AvgIpc) is 3.15. The molecule has 0 fully saturated rings. The van der Waals surface area contributed by atoms with E-state index in [-0.39, 0.29) is 24.3 Å². The number of rotatable bonds is 18. The molecule has 0 saturated carbocycles. The number of hydrogen-bond donors (Lipinski definition) is 1. The number of benzene rings is 2. The quantitative estimate of drug-likeness (QED) is 0.128. The fourth-order valence-electron chi connectivity index (χ4n) is 5.79. The fraction of sp³-hybridized carbons (Fsp3) is 0.588. The van der Waals surface area contributed by atoms with Crippen LogP contribution in [0.2, 0.25) is 0 Å². The summed E-state index contributed by atoms with van der Waals surface area (Å²) >= 11 is 0. The van der Waals surface area contributed by atoms with Gasteiger partial charge in [0.1, 0.15) is 5.75 Å². The topological polar surface area (TPSA) is 40.5 Å². The summed E-state index contributed by atoms with van der Waals surface area (Å²) in [7, 11) is 0.797. The minimum absolute atomic E-state index is 0.0810. The fourth-order valence-corrected chi connectivity index (χ4v) is 7.04. The van der Waals surface area contributed by atoms with Gasteiger partial charge in [-0.25, -0.2) is 8.78 Å². The van der Waals surface area contributed by atoms with Crippen molar-refractivity contribution in [3.63, 3.8) is 0 Å². The van der Waals surface area contributed by atoms with Gasteiger partial charge in [0, 0.05) is 28.7 Å². The van der Waals surface area contributed by atoms with Crippen molar-refractivity contribution in [2.45, 2.75) is 95.6 Å². The molecular weight excluding hydrogens is 619 g/mol. The first-order chi connectivity index (χ1) is 21.3. The number of phenols is 1. The molecule has 45 heavy (non-hydrogen) atoms. The van der Waals surface area contributed by atoms with Gasteiger partial charge in [-0.3, -0.25) is 4.21 Å². The molecule has 1 unspecified atom stereocenters. The summed E-state index contributed by atoms with van der Waals surface area (Å²) in [4.78, 5) is 2.21. The van der Waals surface area contributed by atoms with Crippen molar-refractivity contribution in [3.8, 4) is 5.75 Å². The van der Waals surface area contributed by atoms with E-state index >= 15 is 0 Å². The number of halogens is 7. The lowest BCUT2D eigenvalue weighted by molar-refractivity contribution is -0.284. The maximum Gasteiger partial charge on any atom is 0.453 e. The molecule has 0 spiro atoms. The average molecular weight is 664 g/mol. The van der Waals surface area contributed by atoms with Crippen molar-refractivity contribution in [2.24, 2.45) is 0 Å². The zero-order valence-corrected chi connectivity index (χ0v) is 26.7. The van der Waals surface area contributed by atoms with E-state index in [0.717, 1.165) is 93.2 Å². The number of hydrogen-bond acceptors (Lipinski definition) is 3. The summed E-state index contributed by atoms with van der Waals surface area (Å²) in [6.07, 6.45) is 1.64. The molecular formula is C34H44F7NO2S. The molecule has 0 saturated heterocycles. The van der Waals surface area contributed by atoms with Gasteiger partial charge >= 0.3 is 12.1 Å². The van der Waals surface area contributed by atoms with Crippen LogP contribution >= 0.6 is 0 Å². The Hall–Kier alpha value is -2.40. The highest BCUT2D eigenvalue weighted by atomic mass is 32.2. The Labute approximate surface area is 264 Å². The van der Waals surface area contributed by atoms with Gasteiger partial charge in [-0.15, -0.1) is 0 Å². The number of allylic oxidation sites excluding steroid dienone is 2. The molecule has 3 nitrogen and oxygen atoms in total. The Balaban J connectivity index is 1.37. The van der Waals surface area contributed by atoms with Gasteiger partial charge in [0.25, 0.3) is 0 Å². The van der Waals surface area contributed by atoms with E-state index in [9.17, 15) is 40.0 Å². The van der Waals surface area contributed by atoms with Crippen LogP contribution < -0.4 is 0 Å². The number of aromatic hydroxyl groups is 1. The first kappa shape index (κ1) is 37.1. The van der Waals surface area contributed by atoms with E-state index in [1.807, 2.05) is 13.1 Å². The predicted molar refractivity (Wildman–Crippen MR) is 167 cm³/mol. The van der Waals surface area contributed by atoms with E-state index in [0.29, 0.717) is 17.7 Å². The Morgan fingerprint density at radius 3 is 2.16 bits per heavy atom. The first-order valence-electron chi connectivity index (χ1n) is 15.8. The number of phenolic OH excluding ortho intramolecular Hbond substituents is 1. The Bertz CT molecular complexity index is 1300. The molecule has 0 aromatic heterocycles. The van der Waals surface area contributed by atoms with Gasteiger partial charge in [-0.1, -0.05) is 25.0 Å². The minimum atomic E-state index is -5.54. The lowest BCUT2D eigenvalue weighted by atomic mass is 9.89. The molecule has 1 aliphatic carbocycles. The number of alkyl halides is 5. The number of fused-ring (bicyclic) bond motifs is 1. The van der Waals surface area contributed by atoms with Crippen molar-refractivity contribution in [3.05, 3.63) is 64.7 Å². The molecule has 1 aliphatic rings. The zero-order valence-electron chi connectivity index (χ0n) is 25.8. The molecule has 2 aromatic carbocycles. The largest absolute Gasteiger partial charge is 0.508 e. The van der Waals surface area contributed by atoms with Gasteiger partial charge in [-0.2, -0.15) is 22.0 Å². The van der Waals surface area contributed by atoms with Crippen LogP contribution in [0.4, 0.5) is 30.7 Å². The highest BCUT2D eigenvalue weighted by Crippen LogP contribution is 2.40. The van der Waals surface area contributed by atoms with Crippen molar-refractivity contribution < 1.29 is 40.0 Å². The molecule has 3 rings (SSSR count). The van der Waals surface area contributed by atoms with E-state index in [1.165, 1.54) is 12.1 Å². The summed E-state index contributed by atoms with van der Waals surface area (Å²) in [5, 5.41) is 10.0. The lowest BCUT2D eigenvalue weighted by Gasteiger charge is -2.19. The van der Waals surface area contributed by atoms with Gasteiger partial charge < -0.3 is 10.0 Å². The number of unbranched alkanes of at least 4 members (excludes halogenated alkanes) is 5. The van der Waals surface area contributed by atoms with E-state index < -0.39 is 41.0 Å². The van der Waals surface area contributed by atoms with Crippen LogP contribution in [-0.4, -0.2) is 58.0 Å². The van der Waals surface area contributed by atoms with Crippen LogP contribution in [-0.2, 0) is 17.2 Å². The number of aryl methyl sites for hydroxylation is 1. The summed E-state index contributed by atoms with van der Waals surface area (Å²) < 4.78 is 102. The maximum absolute atomic E-state index is 14.1. The third kappa shape index (κ3) is 11.7. The van der Waals surface area contributed by atoms with E-state index in [2.05, 4.69) is 4.90 Å². The third-order valence-electron chi connectivity index (χ3n) is 8.33. The molecule has 0 bridgehead atoms. The standard InChI is InChI=1S/C34H44F7NO2S/c1-42(20-7-9-22-45(44)21-8-5-18-33(37,38)34(39,40)41)19-6-3-2-4-12-30-28(26-14-17-31(35)32(36)24-26)13-10-11-25-23-27(43)15-16-29(25)30/h14-17,23-24,43H,2-13,18-22H2,1H3. The molecule has 252 valence electrons. The molecule has 2 aromatic rings. The second-order valence-corrected chi connectivity index (χ2v) is 13.7. The highest BCUT2D eigenvalue weighted by molar-refractivity contribution is 7.84.